The molecule has 0 unspecified atom stereocenters. The van der Waals surface area contributed by atoms with Gasteiger partial charge in [0.05, 0.1) is 17.0 Å². The number of carboxylic acid groups (broad SMARTS) is 1. The number of terminal acetylenes is 1. The highest BCUT2D eigenvalue weighted by atomic mass is 32.2. The molecule has 20 heavy (non-hydrogen) atoms. The highest BCUT2D eigenvalue weighted by Crippen LogP contribution is 2.31. The van der Waals surface area contributed by atoms with E-state index < -0.39 is 17.1 Å². The molecular weight excluding hydrogens is 278 g/mol. The first-order valence-corrected chi connectivity index (χ1v) is 6.37. The minimum atomic E-state index is -1.02. The lowest BCUT2D eigenvalue weighted by Gasteiger charge is -2.06. The van der Waals surface area contributed by atoms with Crippen LogP contribution in [0.4, 0.5) is 4.79 Å². The number of carbonyl (C=O) groups is 3. The van der Waals surface area contributed by atoms with Crippen molar-refractivity contribution in [3.63, 3.8) is 0 Å². The number of rotatable bonds is 3. The first kappa shape index (κ1) is 13.9. The Morgan fingerprint density at radius 1 is 1.35 bits per heavy atom. The third kappa shape index (κ3) is 2.73. The molecule has 1 aliphatic rings. The van der Waals surface area contributed by atoms with Crippen molar-refractivity contribution in [1.82, 2.24) is 4.90 Å². The number of amides is 2. The van der Waals surface area contributed by atoms with Crippen molar-refractivity contribution in [1.29, 1.82) is 0 Å². The normalized spacial score (nSPS) is 16.6. The molecule has 0 spiro atoms. The molecule has 0 aromatic heterocycles. The molecule has 1 aliphatic heterocycles. The summed E-state index contributed by atoms with van der Waals surface area (Å²) in [6.45, 7) is -0.0556. The number of hydrogen-bond donors (Lipinski definition) is 1. The Balaban J connectivity index is 2.24. The van der Waals surface area contributed by atoms with E-state index >= 15 is 0 Å². The summed E-state index contributed by atoms with van der Waals surface area (Å²) in [5.74, 6) is 0.801. The molecule has 100 valence electrons. The van der Waals surface area contributed by atoms with Gasteiger partial charge in [0, 0.05) is 0 Å². The molecule has 0 aliphatic carbocycles. The molecule has 5 nitrogen and oxygen atoms in total. The highest BCUT2D eigenvalue weighted by molar-refractivity contribution is 8.18. The Bertz CT molecular complexity index is 655. The van der Waals surface area contributed by atoms with E-state index in [1.807, 2.05) is 0 Å². The van der Waals surface area contributed by atoms with Gasteiger partial charge in [-0.2, -0.15) is 0 Å². The Hall–Kier alpha value is -2.52. The maximum absolute atomic E-state index is 11.9. The Morgan fingerprint density at radius 3 is 2.55 bits per heavy atom. The van der Waals surface area contributed by atoms with Crippen molar-refractivity contribution in [2.24, 2.45) is 0 Å². The van der Waals surface area contributed by atoms with Crippen molar-refractivity contribution in [2.75, 3.05) is 6.54 Å². The fraction of sp³-hybridized carbons (Fsp3) is 0.0714. The minimum absolute atomic E-state index is 0.0556. The zero-order chi connectivity index (χ0) is 14.7. The summed E-state index contributed by atoms with van der Waals surface area (Å²) in [7, 11) is 0. The van der Waals surface area contributed by atoms with E-state index in [9.17, 15) is 14.4 Å². The van der Waals surface area contributed by atoms with Gasteiger partial charge < -0.3 is 5.11 Å². The van der Waals surface area contributed by atoms with E-state index in [4.69, 9.17) is 11.5 Å². The maximum atomic E-state index is 11.9. The average molecular weight is 287 g/mol. The van der Waals surface area contributed by atoms with Crippen molar-refractivity contribution in [3.8, 4) is 12.3 Å². The van der Waals surface area contributed by atoms with E-state index in [2.05, 4.69) is 5.92 Å². The van der Waals surface area contributed by atoms with Gasteiger partial charge in [-0.05, 0) is 35.5 Å². The van der Waals surface area contributed by atoms with Crippen molar-refractivity contribution in [2.45, 2.75) is 0 Å². The second kappa shape index (κ2) is 5.63. The van der Waals surface area contributed by atoms with E-state index in [1.165, 1.54) is 18.2 Å². The number of imide groups is 1. The molecule has 1 saturated heterocycles. The number of benzene rings is 1. The number of aromatic carboxylic acids is 1. The maximum Gasteiger partial charge on any atom is 0.335 e. The fourth-order valence-corrected chi connectivity index (χ4v) is 2.44. The van der Waals surface area contributed by atoms with Crippen LogP contribution in [0, 0.1) is 12.3 Å². The topological polar surface area (TPSA) is 74.7 Å². The molecule has 1 fully saturated rings. The lowest BCUT2D eigenvalue weighted by molar-refractivity contribution is -0.122. The highest BCUT2D eigenvalue weighted by Gasteiger charge is 2.34. The quantitative estimate of drug-likeness (QED) is 0.680. The lowest BCUT2D eigenvalue weighted by Crippen LogP contribution is -2.28. The van der Waals surface area contributed by atoms with Gasteiger partial charge in [-0.3, -0.25) is 14.5 Å². The SMILES string of the molecule is C#CCN1C(=O)S/C(=C\c2ccc(C(=O)O)cc2)C1=O. The second-order valence-electron chi connectivity index (χ2n) is 3.90. The third-order valence-electron chi connectivity index (χ3n) is 2.58. The largest absolute Gasteiger partial charge is 0.478 e. The molecule has 6 heteroatoms. The summed E-state index contributed by atoms with van der Waals surface area (Å²) in [5, 5.41) is 8.39. The smallest absolute Gasteiger partial charge is 0.335 e. The Labute approximate surface area is 119 Å². The number of hydrogen-bond acceptors (Lipinski definition) is 4. The predicted octanol–water partition coefficient (Wildman–Crippen LogP) is 2.05. The van der Waals surface area contributed by atoms with E-state index in [0.29, 0.717) is 5.56 Å². The predicted molar refractivity (Wildman–Crippen MR) is 74.9 cm³/mol. The second-order valence-corrected chi connectivity index (χ2v) is 4.89. The molecule has 2 amide bonds. The summed E-state index contributed by atoms with van der Waals surface area (Å²) in [6.07, 6.45) is 6.63. The van der Waals surface area contributed by atoms with Crippen LogP contribution in [0.25, 0.3) is 6.08 Å². The molecule has 1 heterocycles. The molecule has 1 aromatic carbocycles. The zero-order valence-electron chi connectivity index (χ0n) is 10.2. The molecule has 0 atom stereocenters. The lowest BCUT2D eigenvalue weighted by atomic mass is 10.1. The summed E-state index contributed by atoms with van der Waals surface area (Å²) in [6, 6.07) is 6.00. The van der Waals surface area contributed by atoms with Gasteiger partial charge in [0.1, 0.15) is 0 Å². The van der Waals surface area contributed by atoms with Gasteiger partial charge in [0.15, 0.2) is 0 Å². The summed E-state index contributed by atoms with van der Waals surface area (Å²) >= 11 is 0.814. The fourth-order valence-electron chi connectivity index (χ4n) is 1.60. The first-order valence-electron chi connectivity index (χ1n) is 5.55. The number of nitrogens with zero attached hydrogens (tertiary/aromatic N) is 1. The van der Waals surface area contributed by atoms with Crippen LogP contribution < -0.4 is 0 Å². The average Bonchev–Trinajstić information content (AvgIpc) is 2.67. The standard InChI is InChI=1S/C14H9NO4S/c1-2-7-15-12(16)11(20-14(15)19)8-9-3-5-10(6-4-9)13(17)18/h1,3-6,8H,7H2,(H,17,18)/b11-8-. The van der Waals surface area contributed by atoms with Crippen LogP contribution >= 0.6 is 11.8 Å². The summed E-state index contributed by atoms with van der Waals surface area (Å²) in [4.78, 5) is 35.5. The molecule has 1 aromatic rings. The minimum Gasteiger partial charge on any atom is -0.478 e. The van der Waals surface area contributed by atoms with Crippen LogP contribution in [0.5, 0.6) is 0 Å². The molecule has 1 N–H and O–H groups in total. The summed E-state index contributed by atoms with van der Waals surface area (Å²) < 4.78 is 0. The van der Waals surface area contributed by atoms with Crippen LogP contribution in [-0.4, -0.2) is 33.7 Å². The van der Waals surface area contributed by atoms with Gasteiger partial charge in [-0.15, -0.1) is 6.42 Å². The van der Waals surface area contributed by atoms with Crippen LogP contribution in [0.2, 0.25) is 0 Å². The molecule has 0 bridgehead atoms. The van der Waals surface area contributed by atoms with Gasteiger partial charge in [0.25, 0.3) is 11.1 Å². The van der Waals surface area contributed by atoms with Crippen molar-refractivity contribution < 1.29 is 19.5 Å². The summed E-state index contributed by atoms with van der Waals surface area (Å²) in [5.41, 5.74) is 0.795. The number of carbonyl (C=O) groups excluding carboxylic acids is 2. The Kier molecular flexibility index (Phi) is 3.91. The third-order valence-corrected chi connectivity index (χ3v) is 3.49. The van der Waals surface area contributed by atoms with Gasteiger partial charge in [-0.25, -0.2) is 4.79 Å². The van der Waals surface area contributed by atoms with Crippen molar-refractivity contribution in [3.05, 3.63) is 40.3 Å². The first-order chi connectivity index (χ1) is 9.52. The molecular formula is C14H9NO4S. The van der Waals surface area contributed by atoms with Gasteiger partial charge in [-0.1, -0.05) is 18.1 Å². The molecule has 2 rings (SSSR count). The van der Waals surface area contributed by atoms with E-state index in [1.54, 1.807) is 12.1 Å². The van der Waals surface area contributed by atoms with E-state index in [0.717, 1.165) is 16.7 Å². The zero-order valence-corrected chi connectivity index (χ0v) is 11.0. The van der Waals surface area contributed by atoms with Crippen LogP contribution in [0.3, 0.4) is 0 Å². The van der Waals surface area contributed by atoms with Crippen LogP contribution in [0.15, 0.2) is 29.2 Å². The van der Waals surface area contributed by atoms with Gasteiger partial charge >= 0.3 is 5.97 Å². The molecule has 0 saturated carbocycles. The van der Waals surface area contributed by atoms with Crippen molar-refractivity contribution >= 4 is 35.0 Å². The van der Waals surface area contributed by atoms with Crippen LogP contribution in [0.1, 0.15) is 15.9 Å². The monoisotopic (exact) mass is 287 g/mol. The van der Waals surface area contributed by atoms with E-state index in [-0.39, 0.29) is 17.0 Å². The molecule has 0 radical (unpaired) electrons. The van der Waals surface area contributed by atoms with Crippen LogP contribution in [-0.2, 0) is 4.79 Å². The van der Waals surface area contributed by atoms with Gasteiger partial charge in [0.2, 0.25) is 0 Å². The Morgan fingerprint density at radius 2 is 2.00 bits per heavy atom. The number of thioether (sulfide) groups is 1. The number of carboxylic acids is 1.